The molecule has 7 heteroatoms. The molecular weight excluding hydrogens is 305 g/mol. The van der Waals surface area contributed by atoms with Crippen LogP contribution in [0.5, 0.6) is 0 Å². The van der Waals surface area contributed by atoms with Gasteiger partial charge in [-0.1, -0.05) is 11.6 Å². The third-order valence-electron chi connectivity index (χ3n) is 3.65. The zero-order valence-corrected chi connectivity index (χ0v) is 12.2. The van der Waals surface area contributed by atoms with Crippen molar-refractivity contribution in [1.29, 1.82) is 0 Å². The van der Waals surface area contributed by atoms with Gasteiger partial charge in [0.25, 0.3) is 5.91 Å². The van der Waals surface area contributed by atoms with Crippen molar-refractivity contribution in [2.75, 3.05) is 12.3 Å². The molecule has 1 aromatic rings. The molecule has 1 amide bonds. The maximum Gasteiger partial charge on any atom is 0.406 e. The van der Waals surface area contributed by atoms with Gasteiger partial charge in [-0.25, -0.2) is 0 Å². The van der Waals surface area contributed by atoms with Crippen LogP contribution in [-0.4, -0.2) is 29.6 Å². The molecule has 1 saturated carbocycles. The van der Waals surface area contributed by atoms with Gasteiger partial charge >= 0.3 is 6.18 Å². The van der Waals surface area contributed by atoms with Crippen LogP contribution < -0.4 is 5.73 Å². The molecule has 0 aliphatic heterocycles. The van der Waals surface area contributed by atoms with Crippen molar-refractivity contribution < 1.29 is 18.0 Å². The topological polar surface area (TPSA) is 46.3 Å². The lowest BCUT2D eigenvalue weighted by atomic mass is 10.1. The first kappa shape index (κ1) is 15.9. The van der Waals surface area contributed by atoms with E-state index in [4.69, 9.17) is 17.3 Å². The minimum atomic E-state index is -4.43. The molecule has 1 aliphatic carbocycles. The fraction of sp³-hybridized carbons (Fsp3) is 0.500. The number of anilines is 1. The second-order valence-corrected chi connectivity index (χ2v) is 5.77. The number of carbonyl (C=O) groups is 1. The molecule has 1 atom stereocenters. The Kier molecular flexibility index (Phi) is 4.37. The number of hydrogen-bond donors (Lipinski definition) is 1. The van der Waals surface area contributed by atoms with Crippen molar-refractivity contribution in [2.45, 2.75) is 32.0 Å². The number of carbonyl (C=O) groups excluding carboxylic acids is 1. The second-order valence-electron chi connectivity index (χ2n) is 5.36. The molecule has 0 radical (unpaired) electrons. The van der Waals surface area contributed by atoms with Crippen LogP contribution in [0.2, 0.25) is 5.02 Å². The van der Waals surface area contributed by atoms with Gasteiger partial charge in [-0.2, -0.15) is 13.2 Å². The number of alkyl halides is 3. The summed E-state index contributed by atoms with van der Waals surface area (Å²) < 4.78 is 38.2. The summed E-state index contributed by atoms with van der Waals surface area (Å²) in [5.74, 6) is -0.533. The van der Waals surface area contributed by atoms with Crippen LogP contribution in [-0.2, 0) is 0 Å². The number of amides is 1. The molecule has 0 heterocycles. The highest BCUT2D eigenvalue weighted by molar-refractivity contribution is 6.33. The lowest BCUT2D eigenvalue weighted by Crippen LogP contribution is -2.45. The molecule has 1 unspecified atom stereocenters. The van der Waals surface area contributed by atoms with Gasteiger partial charge in [0, 0.05) is 11.6 Å². The Morgan fingerprint density at radius 1 is 1.48 bits per heavy atom. The Labute approximate surface area is 125 Å². The predicted octanol–water partition coefficient (Wildman–Crippen LogP) is 3.73. The maximum absolute atomic E-state index is 12.7. The zero-order chi connectivity index (χ0) is 15.8. The van der Waals surface area contributed by atoms with E-state index in [1.807, 2.05) is 0 Å². The van der Waals surface area contributed by atoms with Crippen LogP contribution in [0.1, 0.15) is 30.1 Å². The molecule has 116 valence electrons. The largest absolute Gasteiger partial charge is 0.406 e. The van der Waals surface area contributed by atoms with Gasteiger partial charge in [0.2, 0.25) is 0 Å². The summed E-state index contributed by atoms with van der Waals surface area (Å²) in [7, 11) is 0. The van der Waals surface area contributed by atoms with Crippen molar-refractivity contribution in [3.63, 3.8) is 0 Å². The minimum Gasteiger partial charge on any atom is -0.398 e. The van der Waals surface area contributed by atoms with Gasteiger partial charge in [-0.15, -0.1) is 0 Å². The second kappa shape index (κ2) is 5.75. The van der Waals surface area contributed by atoms with Crippen molar-refractivity contribution in [1.82, 2.24) is 4.90 Å². The molecule has 2 N–H and O–H groups in total. The monoisotopic (exact) mass is 320 g/mol. The molecule has 1 aromatic carbocycles. The van der Waals surface area contributed by atoms with E-state index in [9.17, 15) is 18.0 Å². The summed E-state index contributed by atoms with van der Waals surface area (Å²) in [4.78, 5) is 13.3. The lowest BCUT2D eigenvalue weighted by molar-refractivity contribution is -0.144. The van der Waals surface area contributed by atoms with E-state index in [0.717, 1.165) is 17.7 Å². The number of halogens is 4. The third kappa shape index (κ3) is 4.03. The van der Waals surface area contributed by atoms with Crippen LogP contribution >= 0.6 is 11.6 Å². The molecule has 3 nitrogen and oxygen atoms in total. The van der Waals surface area contributed by atoms with Gasteiger partial charge in [-0.05, 0) is 43.9 Å². The Bertz CT molecular complexity index is 544. The molecule has 0 bridgehead atoms. The van der Waals surface area contributed by atoms with E-state index in [1.54, 1.807) is 6.92 Å². The summed E-state index contributed by atoms with van der Waals surface area (Å²) in [6.07, 6.45) is -2.73. The van der Waals surface area contributed by atoms with Gasteiger partial charge in [0.1, 0.15) is 6.54 Å². The van der Waals surface area contributed by atoms with E-state index >= 15 is 0 Å². The number of nitrogens with zero attached hydrogens (tertiary/aromatic N) is 1. The van der Waals surface area contributed by atoms with Crippen LogP contribution in [0.25, 0.3) is 0 Å². The lowest BCUT2D eigenvalue weighted by Gasteiger charge is -2.30. The zero-order valence-electron chi connectivity index (χ0n) is 11.5. The highest BCUT2D eigenvalue weighted by Crippen LogP contribution is 2.37. The van der Waals surface area contributed by atoms with Crippen LogP contribution in [0.4, 0.5) is 18.9 Å². The highest BCUT2D eigenvalue weighted by Gasteiger charge is 2.40. The highest BCUT2D eigenvalue weighted by atomic mass is 35.5. The van der Waals surface area contributed by atoms with Crippen LogP contribution in [0.3, 0.4) is 0 Å². The number of nitrogens with two attached hydrogens (primary N) is 1. The SMILES string of the molecule is CC(C1CC1)N(CC(F)(F)F)C(=O)c1ccc(N)c(Cl)c1. The normalized spacial score (nSPS) is 16.6. The van der Waals surface area contributed by atoms with Crippen molar-refractivity contribution >= 4 is 23.2 Å². The number of rotatable bonds is 4. The first-order valence-corrected chi connectivity index (χ1v) is 6.99. The third-order valence-corrected chi connectivity index (χ3v) is 3.98. The Morgan fingerprint density at radius 2 is 2.10 bits per heavy atom. The van der Waals surface area contributed by atoms with Gasteiger partial charge in [0.05, 0.1) is 10.7 Å². The fourth-order valence-electron chi connectivity index (χ4n) is 2.25. The van der Waals surface area contributed by atoms with E-state index in [1.165, 1.54) is 18.2 Å². The molecule has 21 heavy (non-hydrogen) atoms. The van der Waals surface area contributed by atoms with Gasteiger partial charge in [0.15, 0.2) is 0 Å². The number of benzene rings is 1. The predicted molar refractivity (Wildman–Crippen MR) is 75.1 cm³/mol. The minimum absolute atomic E-state index is 0.117. The first-order valence-electron chi connectivity index (χ1n) is 6.62. The van der Waals surface area contributed by atoms with Crippen LogP contribution in [0, 0.1) is 5.92 Å². The van der Waals surface area contributed by atoms with E-state index in [2.05, 4.69) is 0 Å². The number of nitrogen functional groups attached to an aromatic ring is 1. The summed E-state index contributed by atoms with van der Waals surface area (Å²) >= 11 is 5.83. The van der Waals surface area contributed by atoms with Crippen molar-refractivity contribution in [2.24, 2.45) is 5.92 Å². The van der Waals surface area contributed by atoms with E-state index < -0.39 is 24.7 Å². The Hall–Kier alpha value is -1.43. The van der Waals surface area contributed by atoms with E-state index in [-0.39, 0.29) is 22.2 Å². The standard InChI is InChI=1S/C14H16ClF3N2O/c1-8(9-2-3-9)20(7-14(16,17)18)13(21)10-4-5-12(19)11(15)6-10/h4-6,8-9H,2-3,7,19H2,1H3. The summed E-state index contributed by atoms with van der Waals surface area (Å²) in [6, 6.07) is 3.67. The quantitative estimate of drug-likeness (QED) is 0.859. The molecule has 0 spiro atoms. The van der Waals surface area contributed by atoms with Gasteiger partial charge in [-0.3, -0.25) is 4.79 Å². The smallest absolute Gasteiger partial charge is 0.398 e. The molecule has 1 fully saturated rings. The maximum atomic E-state index is 12.7. The summed E-state index contributed by atoms with van der Waals surface area (Å²) in [5.41, 5.74) is 5.95. The Morgan fingerprint density at radius 3 is 2.57 bits per heavy atom. The fourth-order valence-corrected chi connectivity index (χ4v) is 2.43. The van der Waals surface area contributed by atoms with Crippen molar-refractivity contribution in [3.05, 3.63) is 28.8 Å². The van der Waals surface area contributed by atoms with Gasteiger partial charge < -0.3 is 10.6 Å². The summed E-state index contributed by atoms with van der Waals surface area (Å²) in [5, 5.41) is 0.159. The average molecular weight is 321 g/mol. The molecule has 0 aromatic heterocycles. The Balaban J connectivity index is 2.25. The van der Waals surface area contributed by atoms with Crippen molar-refractivity contribution in [3.8, 4) is 0 Å². The first-order chi connectivity index (χ1) is 9.69. The summed E-state index contributed by atoms with van der Waals surface area (Å²) in [6.45, 7) is 0.395. The van der Waals surface area contributed by atoms with Crippen LogP contribution in [0.15, 0.2) is 18.2 Å². The number of hydrogen-bond acceptors (Lipinski definition) is 2. The molecular formula is C14H16ClF3N2O. The molecule has 2 rings (SSSR count). The van der Waals surface area contributed by atoms with E-state index in [0.29, 0.717) is 0 Å². The molecule has 0 saturated heterocycles. The average Bonchev–Trinajstić information content (AvgIpc) is 3.21. The molecule has 1 aliphatic rings.